The highest BCUT2D eigenvalue weighted by Gasteiger charge is 2.26. The zero-order chi connectivity index (χ0) is 22.8. The normalized spacial score (nSPS) is 14.4. The number of benzene rings is 2. The highest BCUT2D eigenvalue weighted by atomic mass is 35.5. The molecule has 4 rings (SSSR count). The molecule has 1 aliphatic rings. The molecule has 3 aromatic rings. The smallest absolute Gasteiger partial charge is 0.253 e. The van der Waals surface area contributed by atoms with E-state index in [9.17, 15) is 9.59 Å². The minimum atomic E-state index is -0.0679. The van der Waals surface area contributed by atoms with Crippen LogP contribution in [0.5, 0.6) is 0 Å². The number of likely N-dealkylation sites (tertiary alicyclic amines) is 1. The summed E-state index contributed by atoms with van der Waals surface area (Å²) in [6.45, 7) is 7.24. The second-order valence-corrected chi connectivity index (χ2v) is 8.94. The number of carbonyl (C=O) groups excluding carboxylic acids is 2. The summed E-state index contributed by atoms with van der Waals surface area (Å²) in [5.74, 6) is -0.0112. The molecule has 1 aliphatic heterocycles. The van der Waals surface area contributed by atoms with Gasteiger partial charge in [-0.2, -0.15) is 0 Å². The highest BCUT2D eigenvalue weighted by Crippen LogP contribution is 2.23. The van der Waals surface area contributed by atoms with E-state index in [2.05, 4.69) is 9.88 Å². The molecule has 2 amide bonds. The maximum atomic E-state index is 13.0. The Hall–Kier alpha value is -3.05. The van der Waals surface area contributed by atoms with E-state index in [1.807, 2.05) is 80.3 Å². The van der Waals surface area contributed by atoms with Gasteiger partial charge in [0.2, 0.25) is 0 Å². The van der Waals surface area contributed by atoms with E-state index in [-0.39, 0.29) is 17.9 Å². The fraction of sp³-hybridized carbons (Fsp3) is 0.308. The lowest BCUT2D eigenvalue weighted by Crippen LogP contribution is -2.46. The average Bonchev–Trinajstić information content (AvgIpc) is 3.09. The zero-order valence-electron chi connectivity index (χ0n) is 18.7. The Bertz CT molecular complexity index is 1130. The predicted octanol–water partition coefficient (Wildman–Crippen LogP) is 5.09. The third-order valence-electron chi connectivity index (χ3n) is 6.18. The number of aryl methyl sites for hydroxylation is 2. The second kappa shape index (κ2) is 9.21. The number of hydrogen-bond donors (Lipinski definition) is 1. The Kier molecular flexibility index (Phi) is 6.38. The van der Waals surface area contributed by atoms with Crippen LogP contribution < -0.4 is 5.32 Å². The van der Waals surface area contributed by atoms with Crippen molar-refractivity contribution in [3.8, 4) is 5.69 Å². The van der Waals surface area contributed by atoms with Crippen molar-refractivity contribution in [1.82, 2.24) is 14.8 Å². The Labute approximate surface area is 194 Å². The van der Waals surface area contributed by atoms with Crippen molar-refractivity contribution in [2.45, 2.75) is 39.7 Å². The maximum Gasteiger partial charge on any atom is 0.253 e. The van der Waals surface area contributed by atoms with E-state index >= 15 is 0 Å². The SMILES string of the molecule is Cc1ccc(C(=O)N2CCC(NC(=O)c3cc(C)n(-c4ccc(Cl)cc4)c3C)CC2)cc1. The Balaban J connectivity index is 1.39. The van der Waals surface area contributed by atoms with Gasteiger partial charge in [-0.3, -0.25) is 9.59 Å². The summed E-state index contributed by atoms with van der Waals surface area (Å²) in [4.78, 5) is 27.6. The van der Waals surface area contributed by atoms with E-state index in [1.54, 1.807) is 0 Å². The first-order valence-electron chi connectivity index (χ1n) is 10.9. The van der Waals surface area contributed by atoms with E-state index < -0.39 is 0 Å². The van der Waals surface area contributed by atoms with Crippen molar-refractivity contribution in [3.05, 3.63) is 87.7 Å². The van der Waals surface area contributed by atoms with E-state index in [0.29, 0.717) is 29.2 Å². The molecule has 6 heteroatoms. The van der Waals surface area contributed by atoms with E-state index in [0.717, 1.165) is 35.5 Å². The molecule has 0 spiro atoms. The maximum absolute atomic E-state index is 13.0. The standard InChI is InChI=1S/C26H28ClN3O2/c1-17-4-6-20(7-5-17)26(32)29-14-12-22(13-15-29)28-25(31)24-16-18(2)30(19(24)3)23-10-8-21(27)9-11-23/h4-11,16,22H,12-15H2,1-3H3,(H,28,31). The molecular weight excluding hydrogens is 422 g/mol. The van der Waals surface area contributed by atoms with Gasteiger partial charge in [0.25, 0.3) is 11.8 Å². The highest BCUT2D eigenvalue weighted by molar-refractivity contribution is 6.30. The molecule has 0 aliphatic carbocycles. The van der Waals surface area contributed by atoms with Crippen LogP contribution in [-0.2, 0) is 0 Å². The van der Waals surface area contributed by atoms with Crippen LogP contribution >= 0.6 is 11.6 Å². The summed E-state index contributed by atoms with van der Waals surface area (Å²) < 4.78 is 2.06. The van der Waals surface area contributed by atoms with Gasteiger partial charge in [-0.15, -0.1) is 0 Å². The van der Waals surface area contributed by atoms with E-state index in [1.165, 1.54) is 0 Å². The second-order valence-electron chi connectivity index (χ2n) is 8.50. The lowest BCUT2D eigenvalue weighted by Gasteiger charge is -2.32. The van der Waals surface area contributed by atoms with Gasteiger partial charge >= 0.3 is 0 Å². The molecule has 0 bridgehead atoms. The topological polar surface area (TPSA) is 54.3 Å². The van der Waals surface area contributed by atoms with Crippen LogP contribution in [0.25, 0.3) is 5.69 Å². The first-order chi connectivity index (χ1) is 15.3. The monoisotopic (exact) mass is 449 g/mol. The van der Waals surface area contributed by atoms with Crippen LogP contribution in [0.15, 0.2) is 54.6 Å². The molecule has 1 saturated heterocycles. The number of amides is 2. The van der Waals surface area contributed by atoms with Gasteiger partial charge in [-0.1, -0.05) is 29.3 Å². The van der Waals surface area contributed by atoms with Gasteiger partial charge in [0.15, 0.2) is 0 Å². The number of hydrogen-bond acceptors (Lipinski definition) is 2. The van der Waals surface area contributed by atoms with Crippen LogP contribution in [0.3, 0.4) is 0 Å². The molecule has 1 aromatic heterocycles. The van der Waals surface area contributed by atoms with Gasteiger partial charge in [0, 0.05) is 46.8 Å². The summed E-state index contributed by atoms with van der Waals surface area (Å²) in [7, 11) is 0. The number of nitrogens with one attached hydrogen (secondary N) is 1. The molecule has 2 aromatic carbocycles. The van der Waals surface area contributed by atoms with Crippen LogP contribution in [0, 0.1) is 20.8 Å². The summed E-state index contributed by atoms with van der Waals surface area (Å²) >= 11 is 6.02. The van der Waals surface area contributed by atoms with Gasteiger partial charge in [-0.25, -0.2) is 0 Å². The third-order valence-corrected chi connectivity index (χ3v) is 6.43. The summed E-state index contributed by atoms with van der Waals surface area (Å²) in [5.41, 5.74) is 5.40. The molecule has 1 N–H and O–H groups in total. The summed E-state index contributed by atoms with van der Waals surface area (Å²) in [6, 6.07) is 17.3. The van der Waals surface area contributed by atoms with Gasteiger partial charge in [-0.05, 0) is 76.1 Å². The van der Waals surface area contributed by atoms with Crippen LogP contribution in [0.1, 0.15) is 50.5 Å². The van der Waals surface area contributed by atoms with Crippen molar-refractivity contribution in [3.63, 3.8) is 0 Å². The van der Waals surface area contributed by atoms with Crippen molar-refractivity contribution >= 4 is 23.4 Å². The summed E-state index contributed by atoms with van der Waals surface area (Å²) in [5, 5.41) is 3.85. The van der Waals surface area contributed by atoms with Gasteiger partial charge < -0.3 is 14.8 Å². The molecule has 5 nitrogen and oxygen atoms in total. The van der Waals surface area contributed by atoms with Gasteiger partial charge in [0.1, 0.15) is 0 Å². The molecule has 32 heavy (non-hydrogen) atoms. The largest absolute Gasteiger partial charge is 0.349 e. The van der Waals surface area contributed by atoms with Crippen molar-refractivity contribution in [1.29, 1.82) is 0 Å². The lowest BCUT2D eigenvalue weighted by molar-refractivity contribution is 0.0698. The number of rotatable bonds is 4. The fourth-order valence-electron chi connectivity index (χ4n) is 4.35. The first-order valence-corrected chi connectivity index (χ1v) is 11.3. The molecule has 0 saturated carbocycles. The quantitative estimate of drug-likeness (QED) is 0.603. The summed E-state index contributed by atoms with van der Waals surface area (Å²) in [6.07, 6.45) is 1.50. The number of carbonyl (C=O) groups is 2. The third kappa shape index (κ3) is 4.58. The molecule has 1 fully saturated rings. The molecule has 0 unspecified atom stereocenters. The van der Waals surface area contributed by atoms with Crippen LogP contribution in [-0.4, -0.2) is 40.4 Å². The van der Waals surface area contributed by atoms with Crippen molar-refractivity contribution < 1.29 is 9.59 Å². The fourth-order valence-corrected chi connectivity index (χ4v) is 4.47. The number of halogens is 1. The number of nitrogens with zero attached hydrogens (tertiary/aromatic N) is 2. The zero-order valence-corrected chi connectivity index (χ0v) is 19.4. The van der Waals surface area contributed by atoms with Crippen LogP contribution in [0.2, 0.25) is 5.02 Å². The lowest BCUT2D eigenvalue weighted by atomic mass is 10.0. The average molecular weight is 450 g/mol. The Morgan fingerprint density at radius 3 is 2.19 bits per heavy atom. The minimum Gasteiger partial charge on any atom is -0.349 e. The Morgan fingerprint density at radius 1 is 0.938 bits per heavy atom. The first kappa shape index (κ1) is 22.2. The van der Waals surface area contributed by atoms with Crippen molar-refractivity contribution in [2.24, 2.45) is 0 Å². The molecule has 2 heterocycles. The molecule has 166 valence electrons. The minimum absolute atomic E-state index is 0.0567. The van der Waals surface area contributed by atoms with Crippen molar-refractivity contribution in [2.75, 3.05) is 13.1 Å². The molecular formula is C26H28ClN3O2. The predicted molar refractivity (Wildman–Crippen MR) is 128 cm³/mol. The number of aromatic nitrogens is 1. The molecule has 0 radical (unpaired) electrons. The number of piperidine rings is 1. The van der Waals surface area contributed by atoms with E-state index in [4.69, 9.17) is 11.6 Å². The van der Waals surface area contributed by atoms with Crippen LogP contribution in [0.4, 0.5) is 0 Å². The molecule has 0 atom stereocenters. The Morgan fingerprint density at radius 2 is 1.56 bits per heavy atom. The van der Waals surface area contributed by atoms with Gasteiger partial charge in [0.05, 0.1) is 5.56 Å².